The third-order valence-corrected chi connectivity index (χ3v) is 4.72. The van der Waals surface area contributed by atoms with Crippen LogP contribution in [-0.2, 0) is 14.3 Å². The second kappa shape index (κ2) is 4.41. The van der Waals surface area contributed by atoms with Crippen LogP contribution in [0.5, 0.6) is 0 Å². The first kappa shape index (κ1) is 13.0. The van der Waals surface area contributed by atoms with E-state index in [1.54, 1.807) is 6.07 Å². The van der Waals surface area contributed by atoms with E-state index in [-0.39, 0.29) is 18.0 Å². The smallest absolute Gasteiger partial charge is 0.306 e. The molecule has 110 valence electrons. The molecule has 4 rings (SSSR count). The molecule has 3 fully saturated rings. The first-order valence-electron chi connectivity index (χ1n) is 6.66. The lowest BCUT2D eigenvalue weighted by Crippen LogP contribution is -2.47. The molecule has 21 heavy (non-hydrogen) atoms. The molecule has 1 N–H and O–H groups in total. The fraction of sp³-hybridized carbons (Fsp3) is 0.462. The zero-order chi connectivity index (χ0) is 14.7. The molecule has 4 atom stereocenters. The van der Waals surface area contributed by atoms with Crippen LogP contribution in [-0.4, -0.2) is 34.9 Å². The van der Waals surface area contributed by atoms with E-state index < -0.39 is 29.6 Å². The van der Waals surface area contributed by atoms with Gasteiger partial charge in [0.25, 0.3) is 11.8 Å². The molecule has 0 unspecified atom stereocenters. The molecule has 0 spiro atoms. The quantitative estimate of drug-likeness (QED) is 0.795. The SMILES string of the molecule is O=C(NN1C(=O)[C@@H]2[C@H](C1=O)[C@@H]1CC[C@@H]2O1)c1ccc(Br)o1. The van der Waals surface area contributed by atoms with E-state index in [1.165, 1.54) is 6.07 Å². The summed E-state index contributed by atoms with van der Waals surface area (Å²) in [5.41, 5.74) is 2.33. The van der Waals surface area contributed by atoms with Gasteiger partial charge in [0.15, 0.2) is 10.4 Å². The summed E-state index contributed by atoms with van der Waals surface area (Å²) < 4.78 is 11.1. The van der Waals surface area contributed by atoms with Crippen molar-refractivity contribution in [1.82, 2.24) is 10.4 Å². The summed E-state index contributed by atoms with van der Waals surface area (Å²) in [6, 6.07) is 3.02. The molecule has 3 aliphatic rings. The van der Waals surface area contributed by atoms with Gasteiger partial charge < -0.3 is 9.15 Å². The van der Waals surface area contributed by atoms with Crippen LogP contribution in [0.1, 0.15) is 23.4 Å². The number of ether oxygens (including phenoxy) is 1. The van der Waals surface area contributed by atoms with Crippen molar-refractivity contribution in [3.8, 4) is 0 Å². The highest BCUT2D eigenvalue weighted by atomic mass is 79.9. The van der Waals surface area contributed by atoms with E-state index in [9.17, 15) is 14.4 Å². The zero-order valence-corrected chi connectivity index (χ0v) is 12.3. The number of carbonyl (C=O) groups excluding carboxylic acids is 3. The number of hydrazine groups is 1. The van der Waals surface area contributed by atoms with Crippen molar-refractivity contribution in [3.05, 3.63) is 22.6 Å². The lowest BCUT2D eigenvalue weighted by Gasteiger charge is -2.17. The Morgan fingerprint density at radius 1 is 1.19 bits per heavy atom. The highest BCUT2D eigenvalue weighted by Gasteiger charge is 2.62. The van der Waals surface area contributed by atoms with Gasteiger partial charge in [0.2, 0.25) is 0 Å². The molecular formula is C13H11BrN2O5. The largest absolute Gasteiger partial charge is 0.444 e. The van der Waals surface area contributed by atoms with E-state index in [4.69, 9.17) is 9.15 Å². The Hall–Kier alpha value is -1.67. The minimum Gasteiger partial charge on any atom is -0.444 e. The van der Waals surface area contributed by atoms with Crippen molar-refractivity contribution < 1.29 is 23.5 Å². The van der Waals surface area contributed by atoms with Crippen molar-refractivity contribution >= 4 is 33.7 Å². The Morgan fingerprint density at radius 2 is 1.81 bits per heavy atom. The zero-order valence-electron chi connectivity index (χ0n) is 10.7. The lowest BCUT2D eigenvalue weighted by atomic mass is 9.81. The molecule has 3 amide bonds. The van der Waals surface area contributed by atoms with Crippen LogP contribution in [0, 0.1) is 11.8 Å². The number of furan rings is 1. The van der Waals surface area contributed by atoms with Gasteiger partial charge in [-0.1, -0.05) is 0 Å². The first-order valence-corrected chi connectivity index (χ1v) is 7.45. The number of carbonyl (C=O) groups is 3. The van der Waals surface area contributed by atoms with Gasteiger partial charge in [-0.05, 0) is 40.9 Å². The topological polar surface area (TPSA) is 88.9 Å². The summed E-state index contributed by atoms with van der Waals surface area (Å²) in [4.78, 5) is 36.7. The highest BCUT2D eigenvalue weighted by Crippen LogP contribution is 2.48. The summed E-state index contributed by atoms with van der Waals surface area (Å²) in [5, 5.41) is 0.821. The Bertz CT molecular complexity index is 629. The predicted octanol–water partition coefficient (Wildman–Crippen LogP) is 0.849. The van der Waals surface area contributed by atoms with Crippen molar-refractivity contribution in [2.24, 2.45) is 11.8 Å². The minimum absolute atomic E-state index is 0.0266. The number of nitrogens with zero attached hydrogens (tertiary/aromatic N) is 1. The summed E-state index contributed by atoms with van der Waals surface area (Å²) in [7, 11) is 0. The molecule has 4 heterocycles. The second-order valence-electron chi connectivity index (χ2n) is 5.40. The van der Waals surface area contributed by atoms with Crippen LogP contribution < -0.4 is 5.43 Å². The number of imide groups is 1. The van der Waals surface area contributed by atoms with Gasteiger partial charge in [-0.3, -0.25) is 19.8 Å². The number of halogens is 1. The Kier molecular flexibility index (Phi) is 2.74. The number of rotatable bonds is 2. The van der Waals surface area contributed by atoms with Gasteiger partial charge in [-0.25, -0.2) is 0 Å². The first-order chi connectivity index (χ1) is 10.1. The molecule has 3 aliphatic heterocycles. The normalized spacial score (nSPS) is 33.7. The summed E-state index contributed by atoms with van der Waals surface area (Å²) in [6.07, 6.45) is 1.18. The van der Waals surface area contributed by atoms with Gasteiger partial charge in [0.1, 0.15) is 0 Å². The fourth-order valence-corrected chi connectivity index (χ4v) is 3.72. The Balaban J connectivity index is 1.55. The molecule has 3 saturated heterocycles. The molecular weight excluding hydrogens is 344 g/mol. The van der Waals surface area contributed by atoms with Crippen LogP contribution in [0.3, 0.4) is 0 Å². The number of hydrogen-bond donors (Lipinski definition) is 1. The van der Waals surface area contributed by atoms with Crippen LogP contribution >= 0.6 is 15.9 Å². The second-order valence-corrected chi connectivity index (χ2v) is 6.18. The molecule has 0 radical (unpaired) electrons. The van der Waals surface area contributed by atoms with Crippen molar-refractivity contribution in [1.29, 1.82) is 0 Å². The molecule has 0 aliphatic carbocycles. The monoisotopic (exact) mass is 354 g/mol. The highest BCUT2D eigenvalue weighted by molar-refractivity contribution is 9.10. The third kappa shape index (κ3) is 1.78. The molecule has 7 nitrogen and oxygen atoms in total. The summed E-state index contributed by atoms with van der Waals surface area (Å²) in [6.45, 7) is 0. The van der Waals surface area contributed by atoms with Gasteiger partial charge >= 0.3 is 5.91 Å². The summed E-state index contributed by atoms with van der Waals surface area (Å²) in [5.74, 6) is -2.30. The van der Waals surface area contributed by atoms with Gasteiger partial charge in [-0.15, -0.1) is 0 Å². The molecule has 1 aromatic heterocycles. The van der Waals surface area contributed by atoms with E-state index in [2.05, 4.69) is 21.4 Å². The maximum atomic E-state index is 12.3. The standard InChI is InChI=1S/C13H11BrN2O5/c14-8-4-3-7(21-8)11(17)15-16-12(18)9-5-1-2-6(20-5)10(9)13(16)19/h3-6,9-10H,1-2H2,(H,15,17)/t5-,6-,9-,10+/m0/s1. The number of amides is 3. The van der Waals surface area contributed by atoms with E-state index >= 15 is 0 Å². The maximum absolute atomic E-state index is 12.3. The van der Waals surface area contributed by atoms with Crippen LogP contribution in [0.2, 0.25) is 0 Å². The van der Waals surface area contributed by atoms with Crippen LogP contribution in [0.25, 0.3) is 0 Å². The van der Waals surface area contributed by atoms with Crippen molar-refractivity contribution in [2.75, 3.05) is 0 Å². The maximum Gasteiger partial charge on any atom is 0.306 e. The number of hydrogen-bond acceptors (Lipinski definition) is 5. The Morgan fingerprint density at radius 3 is 2.33 bits per heavy atom. The van der Waals surface area contributed by atoms with Gasteiger partial charge in [0, 0.05) is 0 Å². The molecule has 0 aromatic carbocycles. The number of nitrogens with one attached hydrogen (secondary N) is 1. The van der Waals surface area contributed by atoms with Gasteiger partial charge in [0.05, 0.1) is 24.0 Å². The lowest BCUT2D eigenvalue weighted by molar-refractivity contribution is -0.145. The fourth-order valence-electron chi connectivity index (χ4n) is 3.42. The third-order valence-electron chi connectivity index (χ3n) is 4.29. The van der Waals surface area contributed by atoms with E-state index in [0.717, 1.165) is 17.9 Å². The molecule has 2 bridgehead atoms. The molecule has 0 saturated carbocycles. The predicted molar refractivity (Wildman–Crippen MR) is 70.6 cm³/mol. The van der Waals surface area contributed by atoms with Crippen LogP contribution in [0.15, 0.2) is 21.2 Å². The Labute approximate surface area is 127 Å². The van der Waals surface area contributed by atoms with E-state index in [1.807, 2.05) is 0 Å². The molecule has 1 aromatic rings. The van der Waals surface area contributed by atoms with Gasteiger partial charge in [-0.2, -0.15) is 5.01 Å². The minimum atomic E-state index is -0.629. The van der Waals surface area contributed by atoms with Crippen molar-refractivity contribution in [2.45, 2.75) is 25.0 Å². The average Bonchev–Trinajstić information content (AvgIpc) is 3.19. The molecule has 8 heteroatoms. The van der Waals surface area contributed by atoms with Crippen molar-refractivity contribution in [3.63, 3.8) is 0 Å². The van der Waals surface area contributed by atoms with Crippen LogP contribution in [0.4, 0.5) is 0 Å². The number of fused-ring (bicyclic) bond motifs is 5. The van der Waals surface area contributed by atoms with E-state index in [0.29, 0.717) is 4.67 Å². The summed E-state index contributed by atoms with van der Waals surface area (Å²) >= 11 is 3.09. The average molecular weight is 355 g/mol.